The summed E-state index contributed by atoms with van der Waals surface area (Å²) in [6.07, 6.45) is 11.6. The van der Waals surface area contributed by atoms with Gasteiger partial charge in [0.25, 0.3) is 0 Å². The largest absolute Gasteiger partial charge is 0.0733 e. The van der Waals surface area contributed by atoms with Gasteiger partial charge in [-0.05, 0) is 36.1 Å². The summed E-state index contributed by atoms with van der Waals surface area (Å²) < 4.78 is 1.22. The average molecular weight is 263 g/mol. The van der Waals surface area contributed by atoms with Gasteiger partial charge in [-0.15, -0.1) is 0 Å². The zero-order chi connectivity index (χ0) is 10.3. The quantitative estimate of drug-likeness (QED) is 0.637. The molecule has 1 spiro atoms. The van der Waals surface area contributed by atoms with E-state index < -0.39 is 0 Å². The van der Waals surface area contributed by atoms with Crippen LogP contribution >= 0.6 is 15.9 Å². The highest BCUT2D eigenvalue weighted by molar-refractivity contribution is 9.10. The second kappa shape index (κ2) is 3.48. The summed E-state index contributed by atoms with van der Waals surface area (Å²) in [7, 11) is 0. The van der Waals surface area contributed by atoms with E-state index in [2.05, 4.69) is 46.3 Å². The van der Waals surface area contributed by atoms with Gasteiger partial charge >= 0.3 is 0 Å². The minimum Gasteiger partial charge on any atom is -0.0733 e. The molecule has 0 bridgehead atoms. The molecule has 0 nitrogen and oxygen atoms in total. The van der Waals surface area contributed by atoms with Crippen molar-refractivity contribution in [3.63, 3.8) is 0 Å². The molecule has 0 unspecified atom stereocenters. The Labute approximate surface area is 99.5 Å². The van der Waals surface area contributed by atoms with Crippen LogP contribution in [0.2, 0.25) is 0 Å². The molecule has 1 saturated carbocycles. The normalized spacial score (nSPS) is 21.9. The molecule has 3 rings (SSSR count). The van der Waals surface area contributed by atoms with Gasteiger partial charge < -0.3 is 0 Å². The van der Waals surface area contributed by atoms with E-state index in [9.17, 15) is 0 Å². The fraction of sp³-hybridized carbons (Fsp3) is 0.429. The molecule has 1 heteroatoms. The van der Waals surface area contributed by atoms with Crippen LogP contribution in [0.15, 0.2) is 28.7 Å². The predicted molar refractivity (Wildman–Crippen MR) is 67.9 cm³/mol. The van der Waals surface area contributed by atoms with Gasteiger partial charge in [0.2, 0.25) is 0 Å². The van der Waals surface area contributed by atoms with E-state index in [1.807, 2.05) is 0 Å². The lowest BCUT2D eigenvalue weighted by atomic mass is 9.71. The maximum Gasteiger partial charge on any atom is 0.0178 e. The third-order valence-corrected chi connectivity index (χ3v) is 4.37. The van der Waals surface area contributed by atoms with Crippen molar-refractivity contribution in [2.24, 2.45) is 0 Å². The van der Waals surface area contributed by atoms with Crippen LogP contribution in [-0.4, -0.2) is 0 Å². The lowest BCUT2D eigenvalue weighted by Gasteiger charge is -2.33. The number of fused-ring (bicyclic) bond motifs is 2. The average Bonchev–Trinajstić information content (AvgIpc) is 2.59. The first-order valence-electron chi connectivity index (χ1n) is 5.79. The second-order valence-electron chi connectivity index (χ2n) is 4.78. The molecule has 0 radical (unpaired) electrons. The predicted octanol–water partition coefficient (Wildman–Crippen LogP) is 4.68. The third-order valence-electron chi connectivity index (χ3n) is 3.88. The zero-order valence-electron chi connectivity index (χ0n) is 8.80. The molecule has 2 aliphatic carbocycles. The maximum atomic E-state index is 3.59. The summed E-state index contributed by atoms with van der Waals surface area (Å²) in [5.41, 5.74) is 3.37. The molecule has 15 heavy (non-hydrogen) atoms. The number of hydrogen-bond acceptors (Lipinski definition) is 0. The van der Waals surface area contributed by atoms with E-state index in [1.54, 1.807) is 5.56 Å². The monoisotopic (exact) mass is 262 g/mol. The van der Waals surface area contributed by atoms with Crippen LogP contribution in [0.1, 0.15) is 43.2 Å². The Bertz CT molecular complexity index is 411. The first kappa shape index (κ1) is 9.65. The Morgan fingerprint density at radius 3 is 2.67 bits per heavy atom. The Morgan fingerprint density at radius 1 is 1.07 bits per heavy atom. The summed E-state index contributed by atoms with van der Waals surface area (Å²) in [4.78, 5) is 0. The van der Waals surface area contributed by atoms with E-state index in [1.165, 1.54) is 42.1 Å². The SMILES string of the molecule is Brc1ccc2c(c1)C1(C=C2)CCCCC1. The molecule has 0 atom stereocenters. The Kier molecular flexibility index (Phi) is 2.24. The summed E-state index contributed by atoms with van der Waals surface area (Å²) in [6, 6.07) is 6.70. The minimum absolute atomic E-state index is 0.386. The molecule has 1 fully saturated rings. The highest BCUT2D eigenvalue weighted by atomic mass is 79.9. The van der Waals surface area contributed by atoms with Gasteiger partial charge in [-0.1, -0.05) is 53.4 Å². The Hall–Kier alpha value is -0.560. The van der Waals surface area contributed by atoms with E-state index in [0.29, 0.717) is 5.41 Å². The molecule has 0 heterocycles. The number of rotatable bonds is 0. The molecule has 0 aliphatic heterocycles. The molecule has 1 aromatic carbocycles. The van der Waals surface area contributed by atoms with Crippen molar-refractivity contribution < 1.29 is 0 Å². The van der Waals surface area contributed by atoms with Crippen molar-refractivity contribution in [3.05, 3.63) is 39.9 Å². The van der Waals surface area contributed by atoms with Crippen molar-refractivity contribution in [2.45, 2.75) is 37.5 Å². The lowest BCUT2D eigenvalue weighted by molar-refractivity contribution is 0.362. The summed E-state index contributed by atoms with van der Waals surface area (Å²) >= 11 is 3.59. The van der Waals surface area contributed by atoms with Crippen LogP contribution in [0.3, 0.4) is 0 Å². The van der Waals surface area contributed by atoms with Gasteiger partial charge in [0.05, 0.1) is 0 Å². The van der Waals surface area contributed by atoms with Crippen LogP contribution < -0.4 is 0 Å². The van der Waals surface area contributed by atoms with Gasteiger partial charge in [-0.25, -0.2) is 0 Å². The molecule has 1 aromatic rings. The first-order chi connectivity index (χ1) is 7.30. The highest BCUT2D eigenvalue weighted by Crippen LogP contribution is 2.46. The standard InChI is InChI=1S/C14H15Br/c15-12-5-4-11-6-9-14(13(11)10-12)7-2-1-3-8-14/h4-6,9-10H,1-3,7-8H2. The Morgan fingerprint density at radius 2 is 1.87 bits per heavy atom. The first-order valence-corrected chi connectivity index (χ1v) is 6.59. The van der Waals surface area contributed by atoms with Crippen LogP contribution in [0.5, 0.6) is 0 Å². The van der Waals surface area contributed by atoms with Crippen molar-refractivity contribution in [1.82, 2.24) is 0 Å². The van der Waals surface area contributed by atoms with Crippen molar-refractivity contribution in [3.8, 4) is 0 Å². The fourth-order valence-corrected chi connectivity index (χ4v) is 3.42. The summed E-state index contributed by atoms with van der Waals surface area (Å²) in [5.74, 6) is 0. The van der Waals surface area contributed by atoms with Gasteiger partial charge in [-0.3, -0.25) is 0 Å². The maximum absolute atomic E-state index is 3.59. The van der Waals surface area contributed by atoms with Gasteiger partial charge in [0.1, 0.15) is 0 Å². The van der Waals surface area contributed by atoms with Crippen molar-refractivity contribution in [2.75, 3.05) is 0 Å². The summed E-state index contributed by atoms with van der Waals surface area (Å²) in [5, 5.41) is 0. The van der Waals surface area contributed by atoms with E-state index >= 15 is 0 Å². The molecular weight excluding hydrogens is 248 g/mol. The van der Waals surface area contributed by atoms with Crippen LogP contribution in [0.4, 0.5) is 0 Å². The minimum atomic E-state index is 0.386. The molecule has 0 N–H and O–H groups in total. The molecule has 0 aromatic heterocycles. The van der Waals surface area contributed by atoms with E-state index in [4.69, 9.17) is 0 Å². The van der Waals surface area contributed by atoms with Crippen molar-refractivity contribution >= 4 is 22.0 Å². The highest BCUT2D eigenvalue weighted by Gasteiger charge is 2.35. The van der Waals surface area contributed by atoms with E-state index in [0.717, 1.165) is 0 Å². The molecule has 0 amide bonds. The lowest BCUT2D eigenvalue weighted by Crippen LogP contribution is -2.24. The Balaban J connectivity index is 2.09. The zero-order valence-corrected chi connectivity index (χ0v) is 10.4. The van der Waals surface area contributed by atoms with Crippen LogP contribution in [0, 0.1) is 0 Å². The van der Waals surface area contributed by atoms with E-state index in [-0.39, 0.29) is 0 Å². The molecule has 2 aliphatic rings. The number of halogens is 1. The fourth-order valence-electron chi connectivity index (χ4n) is 3.06. The van der Waals surface area contributed by atoms with Gasteiger partial charge in [0, 0.05) is 9.89 Å². The van der Waals surface area contributed by atoms with Crippen LogP contribution in [-0.2, 0) is 5.41 Å². The molecule has 78 valence electrons. The number of hydrogen-bond donors (Lipinski definition) is 0. The second-order valence-corrected chi connectivity index (χ2v) is 5.70. The topological polar surface area (TPSA) is 0 Å². The third kappa shape index (κ3) is 1.48. The van der Waals surface area contributed by atoms with Crippen molar-refractivity contribution in [1.29, 1.82) is 0 Å². The van der Waals surface area contributed by atoms with Gasteiger partial charge in [0.15, 0.2) is 0 Å². The number of benzene rings is 1. The summed E-state index contributed by atoms with van der Waals surface area (Å²) in [6.45, 7) is 0. The van der Waals surface area contributed by atoms with Crippen LogP contribution in [0.25, 0.3) is 6.08 Å². The number of allylic oxidation sites excluding steroid dienone is 1. The van der Waals surface area contributed by atoms with Gasteiger partial charge in [-0.2, -0.15) is 0 Å². The smallest absolute Gasteiger partial charge is 0.0178 e. The molecule has 0 saturated heterocycles. The molecular formula is C14H15Br.